The van der Waals surface area contributed by atoms with E-state index in [9.17, 15) is 26.3 Å². The number of alkyl halides is 6. The lowest BCUT2D eigenvalue weighted by Gasteiger charge is -2.38. The van der Waals surface area contributed by atoms with Crippen molar-refractivity contribution < 1.29 is 26.3 Å². The lowest BCUT2D eigenvalue weighted by atomic mass is 10.1. The molecule has 1 aromatic rings. The van der Waals surface area contributed by atoms with Crippen molar-refractivity contribution in [3.8, 4) is 0 Å². The minimum atomic E-state index is -5.77. The van der Waals surface area contributed by atoms with Crippen LogP contribution in [0.3, 0.4) is 0 Å². The fourth-order valence-corrected chi connectivity index (χ4v) is 2.60. The molecule has 2 aliphatic rings. The van der Waals surface area contributed by atoms with Crippen LogP contribution in [0, 0.1) is 0 Å². The minimum Gasteiger partial charge on any atom is -0.286 e. The highest BCUT2D eigenvalue weighted by Crippen LogP contribution is 2.49. The molecule has 0 atom stereocenters. The molecule has 10 heteroatoms. The topological polar surface area (TPSA) is 28.0 Å². The zero-order chi connectivity index (χ0) is 19.3. The van der Waals surface area contributed by atoms with Gasteiger partial charge in [0.1, 0.15) is 11.7 Å². The van der Waals surface area contributed by atoms with Crippen molar-refractivity contribution in [2.45, 2.75) is 24.9 Å². The van der Waals surface area contributed by atoms with Crippen LogP contribution in [0.1, 0.15) is 12.5 Å². The van der Waals surface area contributed by atoms with Gasteiger partial charge in [-0.15, -0.1) is 0 Å². The summed E-state index contributed by atoms with van der Waals surface area (Å²) in [5, 5.41) is 0.280. The number of amidine groups is 2. The highest BCUT2D eigenvalue weighted by molar-refractivity contribution is 6.30. The molecule has 2 heterocycles. The highest BCUT2D eigenvalue weighted by Gasteiger charge is 2.73. The summed E-state index contributed by atoms with van der Waals surface area (Å²) in [7, 11) is 0. The van der Waals surface area contributed by atoms with E-state index in [1.54, 1.807) is 0 Å². The fraction of sp³-hybridized carbons (Fsp3) is 0.250. The number of hydrogen-bond donors (Lipinski definition) is 0. The number of fused-ring (bicyclic) bond motifs is 1. The van der Waals surface area contributed by atoms with Crippen LogP contribution < -0.4 is 0 Å². The second-order valence-corrected chi connectivity index (χ2v) is 6.09. The maximum atomic E-state index is 13.5. The molecule has 0 aliphatic carbocycles. The Morgan fingerprint density at radius 2 is 1.54 bits per heavy atom. The monoisotopic (exact) mass is 393 g/mol. The molecule has 0 spiro atoms. The van der Waals surface area contributed by atoms with Gasteiger partial charge < -0.3 is 0 Å². The van der Waals surface area contributed by atoms with Crippen LogP contribution in [0.4, 0.5) is 26.3 Å². The number of halogens is 7. The molecule has 26 heavy (non-hydrogen) atoms. The van der Waals surface area contributed by atoms with E-state index in [-0.39, 0.29) is 10.6 Å². The van der Waals surface area contributed by atoms with E-state index in [0.29, 0.717) is 5.57 Å². The Balaban J connectivity index is 2.29. The zero-order valence-corrected chi connectivity index (χ0v) is 13.8. The van der Waals surface area contributed by atoms with E-state index in [4.69, 9.17) is 11.6 Å². The summed E-state index contributed by atoms with van der Waals surface area (Å²) in [5.41, 5.74) is -4.09. The van der Waals surface area contributed by atoms with Crippen molar-refractivity contribution in [2.75, 3.05) is 0 Å². The first kappa shape index (κ1) is 18.5. The lowest BCUT2D eigenvalue weighted by molar-refractivity contribution is -0.292. The SMILES string of the molecule is CC1=CC2=NC(C(F)(F)F)(C(F)(F)F)N=C(c3ccc(Cl)cc3)N2C=C1. The summed E-state index contributed by atoms with van der Waals surface area (Å²) in [5.74, 6) is -1.03. The van der Waals surface area contributed by atoms with E-state index in [1.165, 1.54) is 43.5 Å². The third kappa shape index (κ3) is 2.90. The van der Waals surface area contributed by atoms with Gasteiger partial charge in [-0.3, -0.25) is 4.90 Å². The number of rotatable bonds is 1. The Hall–Kier alpha value is -2.29. The van der Waals surface area contributed by atoms with E-state index < -0.39 is 29.7 Å². The molecule has 138 valence electrons. The van der Waals surface area contributed by atoms with Crippen molar-refractivity contribution in [2.24, 2.45) is 9.98 Å². The average molecular weight is 394 g/mol. The normalized spacial score (nSPS) is 19.5. The quantitative estimate of drug-likeness (QED) is 0.610. The second kappa shape index (κ2) is 5.87. The minimum absolute atomic E-state index is 0.0391. The van der Waals surface area contributed by atoms with Gasteiger partial charge in [0.15, 0.2) is 0 Å². The van der Waals surface area contributed by atoms with Crippen molar-refractivity contribution >= 4 is 23.3 Å². The number of allylic oxidation sites excluding steroid dienone is 2. The van der Waals surface area contributed by atoms with Gasteiger partial charge in [0.2, 0.25) is 0 Å². The zero-order valence-electron chi connectivity index (χ0n) is 13.0. The van der Waals surface area contributed by atoms with Crippen LogP contribution >= 0.6 is 11.6 Å². The molecule has 0 amide bonds. The Morgan fingerprint density at radius 1 is 0.962 bits per heavy atom. The third-order valence-corrected chi connectivity index (χ3v) is 4.01. The summed E-state index contributed by atoms with van der Waals surface area (Å²) in [6.45, 7) is 1.53. The molecule has 0 unspecified atom stereocenters. The molecule has 0 radical (unpaired) electrons. The predicted octanol–water partition coefficient (Wildman–Crippen LogP) is 5.10. The van der Waals surface area contributed by atoms with Crippen LogP contribution in [0.2, 0.25) is 5.02 Å². The standard InChI is InChI=1S/C16H10ClF6N3/c1-9-6-7-26-12(8-9)24-14(15(18,19)20,16(21,22)23)25-13(26)10-2-4-11(17)5-3-10/h2-8H,1H3. The molecular weight excluding hydrogens is 384 g/mol. The fourth-order valence-electron chi connectivity index (χ4n) is 2.47. The molecule has 0 saturated carbocycles. The van der Waals surface area contributed by atoms with Crippen LogP contribution in [0.15, 0.2) is 58.2 Å². The van der Waals surface area contributed by atoms with Gasteiger partial charge in [-0.05, 0) is 48.9 Å². The van der Waals surface area contributed by atoms with Crippen LogP contribution in [-0.2, 0) is 0 Å². The molecule has 1 aromatic carbocycles. The van der Waals surface area contributed by atoms with Crippen LogP contribution in [0.5, 0.6) is 0 Å². The van der Waals surface area contributed by atoms with E-state index in [0.717, 1.165) is 11.0 Å². The molecule has 0 aromatic heterocycles. The largest absolute Gasteiger partial charge is 0.443 e. The van der Waals surface area contributed by atoms with E-state index in [1.807, 2.05) is 0 Å². The van der Waals surface area contributed by atoms with Gasteiger partial charge in [-0.1, -0.05) is 11.6 Å². The lowest BCUT2D eigenvalue weighted by Crippen LogP contribution is -2.58. The Bertz CT molecular complexity index is 832. The van der Waals surface area contributed by atoms with E-state index in [2.05, 4.69) is 9.98 Å². The van der Waals surface area contributed by atoms with Crippen molar-refractivity contribution in [3.63, 3.8) is 0 Å². The summed E-state index contributed by atoms with van der Waals surface area (Å²) in [6.07, 6.45) is -7.57. The Labute approximate surface area is 149 Å². The summed E-state index contributed by atoms with van der Waals surface area (Å²) in [6, 6.07) is 5.28. The molecule has 3 rings (SSSR count). The molecular formula is C16H10ClF6N3. The first-order chi connectivity index (χ1) is 11.9. The maximum Gasteiger partial charge on any atom is 0.443 e. The summed E-state index contributed by atoms with van der Waals surface area (Å²) in [4.78, 5) is 7.09. The maximum absolute atomic E-state index is 13.5. The van der Waals surface area contributed by atoms with Crippen molar-refractivity contribution in [1.82, 2.24) is 4.90 Å². The van der Waals surface area contributed by atoms with Crippen LogP contribution in [0.25, 0.3) is 0 Å². The number of benzene rings is 1. The molecule has 3 nitrogen and oxygen atoms in total. The summed E-state index contributed by atoms with van der Waals surface area (Å²) >= 11 is 5.75. The summed E-state index contributed by atoms with van der Waals surface area (Å²) < 4.78 is 80.9. The molecule has 0 saturated heterocycles. The predicted molar refractivity (Wildman–Crippen MR) is 85.0 cm³/mol. The average Bonchev–Trinajstić information content (AvgIpc) is 2.52. The Kier molecular flexibility index (Phi) is 4.18. The Morgan fingerprint density at radius 3 is 2.08 bits per heavy atom. The molecule has 0 bridgehead atoms. The highest BCUT2D eigenvalue weighted by atomic mass is 35.5. The van der Waals surface area contributed by atoms with E-state index >= 15 is 0 Å². The van der Waals surface area contributed by atoms with Gasteiger partial charge in [0.05, 0.1) is 0 Å². The van der Waals surface area contributed by atoms with Crippen molar-refractivity contribution in [1.29, 1.82) is 0 Å². The molecule has 0 fully saturated rings. The van der Waals surface area contributed by atoms with Crippen molar-refractivity contribution in [3.05, 3.63) is 58.8 Å². The van der Waals surface area contributed by atoms with Gasteiger partial charge in [0.25, 0.3) is 0 Å². The number of nitrogens with zero attached hydrogens (tertiary/aromatic N) is 3. The first-order valence-electron chi connectivity index (χ1n) is 7.19. The third-order valence-electron chi connectivity index (χ3n) is 3.76. The van der Waals surface area contributed by atoms with Gasteiger partial charge in [-0.25, -0.2) is 9.98 Å². The smallest absolute Gasteiger partial charge is 0.286 e. The van der Waals surface area contributed by atoms with Gasteiger partial charge in [-0.2, -0.15) is 26.3 Å². The van der Waals surface area contributed by atoms with Gasteiger partial charge in [0, 0.05) is 16.8 Å². The number of aliphatic imine (C=N–C) groups is 2. The molecule has 2 aliphatic heterocycles. The second-order valence-electron chi connectivity index (χ2n) is 5.65. The number of hydrogen-bond acceptors (Lipinski definition) is 3. The van der Waals surface area contributed by atoms with Crippen LogP contribution in [-0.4, -0.2) is 34.6 Å². The molecule has 0 N–H and O–H groups in total. The van der Waals surface area contributed by atoms with Gasteiger partial charge >= 0.3 is 18.0 Å². The first-order valence-corrected chi connectivity index (χ1v) is 7.57.